The second-order valence-corrected chi connectivity index (χ2v) is 7.79. The number of sulfonamides is 1. The summed E-state index contributed by atoms with van der Waals surface area (Å²) in [5.74, 6) is 0.0162. The number of carbonyl (C=O) groups is 1. The number of amides is 1. The van der Waals surface area contributed by atoms with E-state index in [9.17, 15) is 13.2 Å². The molecule has 1 fully saturated rings. The fourth-order valence-corrected chi connectivity index (χ4v) is 3.58. The molecule has 0 aliphatic carbocycles. The Labute approximate surface area is 140 Å². The molecule has 1 aliphatic rings. The van der Waals surface area contributed by atoms with Gasteiger partial charge in [0.15, 0.2) is 5.82 Å². The van der Waals surface area contributed by atoms with Crippen molar-refractivity contribution in [3.63, 3.8) is 0 Å². The van der Waals surface area contributed by atoms with Crippen molar-refractivity contribution in [2.75, 3.05) is 24.7 Å². The average Bonchev–Trinajstić information content (AvgIpc) is 3.03. The van der Waals surface area contributed by atoms with E-state index in [1.165, 1.54) is 10.6 Å². The minimum atomic E-state index is -3.19. The van der Waals surface area contributed by atoms with Gasteiger partial charge in [-0.25, -0.2) is 17.4 Å². The molecule has 2 heterocycles. The van der Waals surface area contributed by atoms with Crippen molar-refractivity contribution in [2.45, 2.75) is 12.8 Å². The minimum absolute atomic E-state index is 0.150. The van der Waals surface area contributed by atoms with Crippen LogP contribution < -0.4 is 5.32 Å². The number of hydrogen-bond donors (Lipinski definition) is 1. The second-order valence-electron chi connectivity index (χ2n) is 5.81. The summed E-state index contributed by atoms with van der Waals surface area (Å²) in [5.41, 5.74) is 0.854. The molecular weight excluding hydrogens is 330 g/mol. The first kappa shape index (κ1) is 16.6. The molecule has 0 radical (unpaired) electrons. The Bertz CT molecular complexity index is 811. The van der Waals surface area contributed by atoms with Gasteiger partial charge in [-0.05, 0) is 25.0 Å². The van der Waals surface area contributed by atoms with E-state index in [1.807, 2.05) is 30.3 Å². The maximum atomic E-state index is 12.3. The molecule has 0 saturated carbocycles. The van der Waals surface area contributed by atoms with Crippen molar-refractivity contribution in [1.29, 1.82) is 0 Å². The predicted molar refractivity (Wildman–Crippen MR) is 89.1 cm³/mol. The smallest absolute Gasteiger partial charge is 0.228 e. The van der Waals surface area contributed by atoms with Crippen LogP contribution in [0.25, 0.3) is 5.69 Å². The number of anilines is 1. The molecule has 0 spiro atoms. The highest BCUT2D eigenvalue weighted by atomic mass is 32.2. The summed E-state index contributed by atoms with van der Waals surface area (Å²) in [7, 11) is -3.19. The fraction of sp³-hybridized carbons (Fsp3) is 0.400. The maximum Gasteiger partial charge on any atom is 0.228 e. The van der Waals surface area contributed by atoms with Gasteiger partial charge in [0, 0.05) is 19.0 Å². The number of hydrogen-bond acceptors (Lipinski definition) is 5. The van der Waals surface area contributed by atoms with Crippen LogP contribution in [0.15, 0.2) is 36.5 Å². The molecular formula is C15H19N5O3S. The number of rotatable bonds is 4. The SMILES string of the molecule is CS(=O)(=O)N1CCC(C(=O)Nc2cn(-c3ccccc3)nn2)CC1. The van der Waals surface area contributed by atoms with E-state index >= 15 is 0 Å². The minimum Gasteiger partial charge on any atom is -0.308 e. The van der Waals surface area contributed by atoms with Crippen LogP contribution in [0, 0.1) is 5.92 Å². The molecule has 1 saturated heterocycles. The average molecular weight is 349 g/mol. The molecule has 24 heavy (non-hydrogen) atoms. The Balaban J connectivity index is 1.59. The van der Waals surface area contributed by atoms with Gasteiger partial charge in [0.1, 0.15) is 0 Å². The van der Waals surface area contributed by atoms with Crippen LogP contribution in [-0.4, -0.2) is 53.0 Å². The Morgan fingerprint density at radius 2 is 1.88 bits per heavy atom. The standard InChI is InChI=1S/C15H19N5O3S/c1-24(22,23)19-9-7-12(8-10-19)15(21)16-14-11-20(18-17-14)13-5-3-2-4-6-13/h2-6,11-12H,7-10H2,1H3,(H,16,21). The maximum absolute atomic E-state index is 12.3. The third-order valence-electron chi connectivity index (χ3n) is 4.06. The van der Waals surface area contributed by atoms with Crippen molar-refractivity contribution in [2.24, 2.45) is 5.92 Å². The third kappa shape index (κ3) is 3.80. The normalized spacial score (nSPS) is 16.9. The number of benzene rings is 1. The molecule has 128 valence electrons. The van der Waals surface area contributed by atoms with E-state index in [4.69, 9.17) is 0 Å². The molecule has 0 unspecified atom stereocenters. The molecule has 2 aromatic rings. The van der Waals surface area contributed by atoms with Crippen LogP contribution >= 0.6 is 0 Å². The van der Waals surface area contributed by atoms with Crippen LogP contribution in [0.1, 0.15) is 12.8 Å². The molecule has 1 aromatic carbocycles. The van der Waals surface area contributed by atoms with E-state index in [-0.39, 0.29) is 11.8 Å². The van der Waals surface area contributed by atoms with Gasteiger partial charge in [0.2, 0.25) is 15.9 Å². The Hall–Kier alpha value is -2.26. The predicted octanol–water partition coefficient (Wildman–Crippen LogP) is 0.877. The van der Waals surface area contributed by atoms with Gasteiger partial charge >= 0.3 is 0 Å². The lowest BCUT2D eigenvalue weighted by Gasteiger charge is -2.29. The molecule has 1 aliphatic heterocycles. The lowest BCUT2D eigenvalue weighted by atomic mass is 9.97. The Morgan fingerprint density at radius 3 is 2.50 bits per heavy atom. The van der Waals surface area contributed by atoms with Gasteiger partial charge < -0.3 is 5.32 Å². The molecule has 3 rings (SSSR count). The molecule has 1 aromatic heterocycles. The van der Waals surface area contributed by atoms with Crippen molar-refractivity contribution >= 4 is 21.7 Å². The Kier molecular flexibility index (Phi) is 4.63. The third-order valence-corrected chi connectivity index (χ3v) is 5.36. The molecule has 0 atom stereocenters. The highest BCUT2D eigenvalue weighted by Gasteiger charge is 2.29. The molecule has 8 nitrogen and oxygen atoms in total. The van der Waals surface area contributed by atoms with Crippen molar-refractivity contribution < 1.29 is 13.2 Å². The number of nitrogens with zero attached hydrogens (tertiary/aromatic N) is 4. The first-order valence-electron chi connectivity index (χ1n) is 7.67. The lowest BCUT2D eigenvalue weighted by molar-refractivity contribution is -0.120. The van der Waals surface area contributed by atoms with Crippen molar-refractivity contribution in [3.05, 3.63) is 36.5 Å². The van der Waals surface area contributed by atoms with Crippen LogP contribution in [0.2, 0.25) is 0 Å². The zero-order valence-corrected chi connectivity index (χ0v) is 14.1. The number of carbonyl (C=O) groups excluding carboxylic acids is 1. The summed E-state index contributed by atoms with van der Waals surface area (Å²) in [4.78, 5) is 12.3. The van der Waals surface area contributed by atoms with Crippen LogP contribution in [0.5, 0.6) is 0 Å². The van der Waals surface area contributed by atoms with Crippen LogP contribution in [0.3, 0.4) is 0 Å². The molecule has 0 bridgehead atoms. The highest BCUT2D eigenvalue weighted by Crippen LogP contribution is 2.20. The number of nitrogens with one attached hydrogen (secondary N) is 1. The first-order chi connectivity index (χ1) is 11.4. The van der Waals surface area contributed by atoms with E-state index in [0.717, 1.165) is 5.69 Å². The lowest BCUT2D eigenvalue weighted by Crippen LogP contribution is -2.40. The summed E-state index contributed by atoms with van der Waals surface area (Å²) in [6, 6.07) is 9.48. The molecule has 1 amide bonds. The Morgan fingerprint density at radius 1 is 1.21 bits per heavy atom. The van der Waals surface area contributed by atoms with Crippen molar-refractivity contribution in [1.82, 2.24) is 19.3 Å². The van der Waals surface area contributed by atoms with Gasteiger partial charge in [-0.2, -0.15) is 0 Å². The topological polar surface area (TPSA) is 97.2 Å². The summed E-state index contributed by atoms with van der Waals surface area (Å²) in [6.45, 7) is 0.737. The van der Waals surface area contributed by atoms with Gasteiger partial charge in [0.25, 0.3) is 0 Å². The summed E-state index contributed by atoms with van der Waals surface area (Å²) < 4.78 is 26.0. The quantitative estimate of drug-likeness (QED) is 0.884. The second kappa shape index (κ2) is 6.70. The number of aromatic nitrogens is 3. The summed E-state index contributed by atoms with van der Waals surface area (Å²) in [5, 5.41) is 10.7. The largest absolute Gasteiger partial charge is 0.308 e. The first-order valence-corrected chi connectivity index (χ1v) is 9.52. The van der Waals surface area contributed by atoms with E-state index < -0.39 is 10.0 Å². The van der Waals surface area contributed by atoms with Crippen molar-refractivity contribution in [3.8, 4) is 5.69 Å². The molecule has 9 heteroatoms. The highest BCUT2D eigenvalue weighted by molar-refractivity contribution is 7.88. The van der Waals surface area contributed by atoms with E-state index in [1.54, 1.807) is 10.9 Å². The number of para-hydroxylation sites is 1. The summed E-state index contributed by atoms with van der Waals surface area (Å²) >= 11 is 0. The summed E-state index contributed by atoms with van der Waals surface area (Å²) in [6.07, 6.45) is 3.85. The van der Waals surface area contributed by atoms with Gasteiger partial charge in [0.05, 0.1) is 18.1 Å². The zero-order valence-electron chi connectivity index (χ0n) is 13.3. The fourth-order valence-electron chi connectivity index (χ4n) is 2.71. The van der Waals surface area contributed by atoms with Crippen LogP contribution in [-0.2, 0) is 14.8 Å². The van der Waals surface area contributed by atoms with Gasteiger partial charge in [-0.3, -0.25) is 4.79 Å². The monoisotopic (exact) mass is 349 g/mol. The number of piperidine rings is 1. The molecule has 1 N–H and O–H groups in total. The van der Waals surface area contributed by atoms with Gasteiger partial charge in [-0.15, -0.1) is 5.10 Å². The van der Waals surface area contributed by atoms with Gasteiger partial charge in [-0.1, -0.05) is 23.4 Å². The zero-order chi connectivity index (χ0) is 17.2. The van der Waals surface area contributed by atoms with E-state index in [0.29, 0.717) is 31.7 Å². The van der Waals surface area contributed by atoms with Crippen LogP contribution in [0.4, 0.5) is 5.82 Å². The van der Waals surface area contributed by atoms with E-state index in [2.05, 4.69) is 15.6 Å².